The first-order chi connectivity index (χ1) is 21.8. The summed E-state index contributed by atoms with van der Waals surface area (Å²) in [6, 6.07) is 0.129. The highest BCUT2D eigenvalue weighted by Gasteiger charge is 2.69. The van der Waals surface area contributed by atoms with Crippen LogP contribution < -0.4 is 0 Å². The van der Waals surface area contributed by atoms with E-state index < -0.39 is 65.4 Å². The third-order valence-electron chi connectivity index (χ3n) is 12.5. The number of likely N-dealkylation sites (tertiary alicyclic amines) is 2. The maximum Gasteiger partial charge on any atom is 0.394 e. The van der Waals surface area contributed by atoms with Crippen LogP contribution in [0.25, 0.3) is 0 Å². The lowest BCUT2D eigenvalue weighted by Crippen LogP contribution is -2.67. The minimum atomic E-state index is -4.42. The smallest absolute Gasteiger partial charge is 0.394 e. The van der Waals surface area contributed by atoms with E-state index >= 15 is 4.39 Å². The minimum Gasteiger partial charge on any atom is -0.481 e. The summed E-state index contributed by atoms with van der Waals surface area (Å²) in [6.45, 7) is 3.61. The second kappa shape index (κ2) is 11.5. The lowest BCUT2D eigenvalue weighted by molar-refractivity contribution is -0.211. The number of fused-ring (bicyclic) bond motifs is 1. The van der Waals surface area contributed by atoms with Crippen molar-refractivity contribution in [1.82, 2.24) is 19.6 Å². The van der Waals surface area contributed by atoms with E-state index in [1.54, 1.807) is 4.90 Å². The van der Waals surface area contributed by atoms with Gasteiger partial charge < -0.3 is 10.0 Å². The second-order valence-electron chi connectivity index (χ2n) is 15.1. The topological polar surface area (TPSA) is 95.7 Å². The third kappa shape index (κ3) is 5.26. The summed E-state index contributed by atoms with van der Waals surface area (Å²) in [7, 11) is 0. The van der Waals surface area contributed by atoms with E-state index in [-0.39, 0.29) is 56.4 Å². The number of aromatic nitrogens is 2. The van der Waals surface area contributed by atoms with Crippen molar-refractivity contribution >= 4 is 17.8 Å². The summed E-state index contributed by atoms with van der Waals surface area (Å²) in [5.74, 6) is -5.65. The molecule has 0 aromatic carbocycles. The molecule has 7 unspecified atom stereocenters. The Balaban J connectivity index is 1.18. The minimum absolute atomic E-state index is 0.00724. The third-order valence-corrected chi connectivity index (χ3v) is 12.5. The Morgan fingerprint density at radius 3 is 2.26 bits per heavy atom. The number of rotatable bonds is 6. The molecule has 1 amide bonds. The predicted molar refractivity (Wildman–Crippen MR) is 156 cm³/mol. The number of hydrogen-bond donors (Lipinski definition) is 1. The molecule has 3 saturated carbocycles. The number of carbonyl (C=O) groups excluding carboxylic acids is 2. The predicted octanol–water partition coefficient (Wildman–Crippen LogP) is 5.19. The first-order valence-electron chi connectivity index (χ1n) is 17.0. The number of carbonyl (C=O) groups is 3. The zero-order chi connectivity index (χ0) is 32.7. The van der Waals surface area contributed by atoms with Crippen molar-refractivity contribution in [2.75, 3.05) is 26.2 Å². The molecule has 13 heteroatoms. The Morgan fingerprint density at radius 1 is 0.935 bits per heavy atom. The van der Waals surface area contributed by atoms with Crippen LogP contribution in [0.3, 0.4) is 0 Å². The van der Waals surface area contributed by atoms with Crippen molar-refractivity contribution in [3.8, 4) is 0 Å². The largest absolute Gasteiger partial charge is 0.481 e. The summed E-state index contributed by atoms with van der Waals surface area (Å²) in [6.07, 6.45) is -3.79. The van der Waals surface area contributed by atoms with Crippen LogP contribution in [0.1, 0.15) is 92.4 Å². The summed E-state index contributed by atoms with van der Waals surface area (Å²) in [5.41, 5.74) is -0.301. The van der Waals surface area contributed by atoms with Crippen molar-refractivity contribution < 1.29 is 41.4 Å². The zero-order valence-corrected chi connectivity index (χ0v) is 26.2. The molecule has 0 radical (unpaired) electrons. The SMILES string of the molecule is CC1CCCC(C2(C(F)(F)F)CC2)C1C(=O)n1nc(C2CCC(C(=O)O)CC2F)c2c1CC(C(=O)N1CC(N3CC(F)C3)C1)CC2. The molecule has 254 valence electrons. The molecule has 1 N–H and O–H groups in total. The number of aliphatic carboxylic acids is 1. The average Bonchev–Trinajstić information content (AvgIpc) is 3.71. The normalized spacial score (nSPS) is 35.2. The molecule has 4 aliphatic carbocycles. The van der Waals surface area contributed by atoms with Crippen LogP contribution in [-0.2, 0) is 22.4 Å². The number of halogens is 5. The van der Waals surface area contributed by atoms with E-state index in [9.17, 15) is 37.1 Å². The molecule has 1 aromatic rings. The fourth-order valence-electron chi connectivity index (χ4n) is 9.45. The van der Waals surface area contributed by atoms with Gasteiger partial charge in [-0.1, -0.05) is 13.3 Å². The van der Waals surface area contributed by atoms with Crippen LogP contribution >= 0.6 is 0 Å². The van der Waals surface area contributed by atoms with Crippen LogP contribution in [0.15, 0.2) is 0 Å². The molecule has 7 rings (SSSR count). The summed E-state index contributed by atoms with van der Waals surface area (Å²) < 4.78 is 73.4. The Morgan fingerprint density at radius 2 is 1.65 bits per heavy atom. The summed E-state index contributed by atoms with van der Waals surface area (Å²) in [5, 5.41) is 14.2. The maximum atomic E-state index is 15.6. The van der Waals surface area contributed by atoms with Crippen LogP contribution in [-0.4, -0.2) is 93.2 Å². The molecule has 0 spiro atoms. The van der Waals surface area contributed by atoms with Gasteiger partial charge in [-0.25, -0.2) is 13.5 Å². The molecular weight excluding hydrogens is 611 g/mol. The Hall–Kier alpha value is -2.57. The van der Waals surface area contributed by atoms with Gasteiger partial charge >= 0.3 is 12.1 Å². The lowest BCUT2D eigenvalue weighted by Gasteiger charge is -2.50. The van der Waals surface area contributed by atoms with Crippen molar-refractivity contribution in [3.63, 3.8) is 0 Å². The van der Waals surface area contributed by atoms with E-state index in [4.69, 9.17) is 5.10 Å². The van der Waals surface area contributed by atoms with Crippen molar-refractivity contribution in [2.45, 2.75) is 108 Å². The van der Waals surface area contributed by atoms with E-state index in [2.05, 4.69) is 0 Å². The van der Waals surface area contributed by atoms with Crippen molar-refractivity contribution in [1.29, 1.82) is 0 Å². The van der Waals surface area contributed by atoms with Gasteiger partial charge in [0, 0.05) is 56.4 Å². The van der Waals surface area contributed by atoms with Gasteiger partial charge in [0.05, 0.1) is 22.7 Å². The molecule has 2 saturated heterocycles. The van der Waals surface area contributed by atoms with E-state index in [1.807, 2.05) is 11.8 Å². The molecule has 5 fully saturated rings. The monoisotopic (exact) mass is 654 g/mol. The summed E-state index contributed by atoms with van der Waals surface area (Å²) in [4.78, 5) is 43.5. The Bertz CT molecular complexity index is 1380. The Labute approximate surface area is 265 Å². The zero-order valence-electron chi connectivity index (χ0n) is 26.2. The molecular formula is C33H43F5N4O4. The molecule has 2 aliphatic heterocycles. The maximum absolute atomic E-state index is 15.6. The number of alkyl halides is 5. The van der Waals surface area contributed by atoms with Gasteiger partial charge in [0.1, 0.15) is 12.3 Å². The molecule has 1 aromatic heterocycles. The van der Waals surface area contributed by atoms with Crippen molar-refractivity contribution in [3.05, 3.63) is 17.0 Å². The number of carboxylic acids is 1. The van der Waals surface area contributed by atoms with Crippen LogP contribution in [0, 0.1) is 35.0 Å². The number of nitrogens with zero attached hydrogens (tertiary/aromatic N) is 4. The van der Waals surface area contributed by atoms with Gasteiger partial charge in [-0.15, -0.1) is 0 Å². The van der Waals surface area contributed by atoms with Gasteiger partial charge in [-0.3, -0.25) is 19.3 Å². The standard InChI is InChI=1S/C33H43F5N4O4/c1-17-3-2-4-24(32(9-10-32)33(36,37)38)27(17)30(44)42-26-12-18(29(43)41-15-21(16-41)40-13-20(34)14-40)5-8-23(26)28(39-42)22-7-6-19(31(45)46)11-25(22)35/h17-22,24-25,27H,2-16H2,1H3,(H,45,46). The molecule has 7 atom stereocenters. The molecule has 46 heavy (non-hydrogen) atoms. The first-order valence-corrected chi connectivity index (χ1v) is 17.0. The number of hydrogen-bond acceptors (Lipinski definition) is 5. The lowest BCUT2D eigenvalue weighted by atomic mass is 9.65. The van der Waals surface area contributed by atoms with Crippen LogP contribution in [0.4, 0.5) is 22.0 Å². The van der Waals surface area contributed by atoms with E-state index in [0.717, 1.165) is 0 Å². The quantitative estimate of drug-likeness (QED) is 0.425. The molecule has 0 bridgehead atoms. The van der Waals surface area contributed by atoms with Gasteiger partial charge in [-0.2, -0.15) is 18.3 Å². The van der Waals surface area contributed by atoms with E-state index in [0.29, 0.717) is 75.2 Å². The fourth-order valence-corrected chi connectivity index (χ4v) is 9.45. The summed E-state index contributed by atoms with van der Waals surface area (Å²) >= 11 is 0. The Kier molecular flexibility index (Phi) is 8.03. The number of carboxylic acid groups (broad SMARTS) is 1. The first kappa shape index (κ1) is 32.0. The number of amides is 1. The highest BCUT2D eigenvalue weighted by molar-refractivity contribution is 5.84. The molecule has 6 aliphatic rings. The molecule has 3 heterocycles. The highest BCUT2D eigenvalue weighted by atomic mass is 19.4. The fraction of sp³-hybridized carbons (Fsp3) is 0.818. The van der Waals surface area contributed by atoms with Gasteiger partial charge in [0.25, 0.3) is 5.91 Å². The van der Waals surface area contributed by atoms with Gasteiger partial charge in [0.2, 0.25) is 5.91 Å². The second-order valence-corrected chi connectivity index (χ2v) is 15.1. The van der Waals surface area contributed by atoms with Crippen LogP contribution in [0.2, 0.25) is 0 Å². The van der Waals surface area contributed by atoms with Gasteiger partial charge in [-0.05, 0) is 75.2 Å². The van der Waals surface area contributed by atoms with Crippen molar-refractivity contribution in [2.24, 2.45) is 35.0 Å². The molecule has 8 nitrogen and oxygen atoms in total. The average molecular weight is 655 g/mol. The van der Waals surface area contributed by atoms with Gasteiger partial charge in [0.15, 0.2) is 0 Å². The van der Waals surface area contributed by atoms with Crippen LogP contribution in [0.5, 0.6) is 0 Å². The highest BCUT2D eigenvalue weighted by Crippen LogP contribution is 2.67. The van der Waals surface area contributed by atoms with E-state index in [1.165, 1.54) is 4.68 Å².